The maximum absolute atomic E-state index is 12.1. The lowest BCUT2D eigenvalue weighted by Gasteiger charge is -2.15. The van der Waals surface area contributed by atoms with E-state index in [1.165, 1.54) is 6.07 Å². The topological polar surface area (TPSA) is 81.4 Å². The van der Waals surface area contributed by atoms with E-state index in [1.807, 2.05) is 25.1 Å². The smallest absolute Gasteiger partial charge is 0.265 e. The Morgan fingerprint density at radius 2 is 1.86 bits per heavy atom. The minimum absolute atomic E-state index is 0.303. The van der Waals surface area contributed by atoms with E-state index in [1.54, 1.807) is 31.2 Å². The van der Waals surface area contributed by atoms with Gasteiger partial charge in [0, 0.05) is 11.3 Å². The second-order valence-electron chi connectivity index (χ2n) is 5.01. The number of carbonyl (C=O) groups excluding carboxylic acids is 2. The van der Waals surface area contributed by atoms with Gasteiger partial charge in [-0.1, -0.05) is 18.2 Å². The molecule has 2 aromatic carbocycles. The van der Waals surface area contributed by atoms with Crippen LogP contribution in [0, 0.1) is 6.92 Å². The molecule has 0 saturated carbocycles. The van der Waals surface area contributed by atoms with Gasteiger partial charge in [0.25, 0.3) is 5.91 Å². The van der Waals surface area contributed by atoms with Crippen LogP contribution >= 0.6 is 0 Å². The SMILES string of the molecule is Cc1cccc(OC(C)C(=O)Nc2cccc(C(N)=O)c2)c1. The Morgan fingerprint density at radius 3 is 2.55 bits per heavy atom. The Bertz CT molecular complexity index is 698. The van der Waals surface area contributed by atoms with Crippen LogP contribution in [0.4, 0.5) is 5.69 Å². The van der Waals surface area contributed by atoms with Crippen LogP contribution in [0.1, 0.15) is 22.8 Å². The molecule has 0 bridgehead atoms. The van der Waals surface area contributed by atoms with E-state index in [0.29, 0.717) is 17.0 Å². The van der Waals surface area contributed by atoms with Crippen molar-refractivity contribution in [2.75, 3.05) is 5.32 Å². The molecule has 2 rings (SSSR count). The number of hydrogen-bond acceptors (Lipinski definition) is 3. The summed E-state index contributed by atoms with van der Waals surface area (Å²) >= 11 is 0. The fourth-order valence-electron chi connectivity index (χ4n) is 1.94. The highest BCUT2D eigenvalue weighted by Crippen LogP contribution is 2.16. The first-order chi connectivity index (χ1) is 10.5. The van der Waals surface area contributed by atoms with Gasteiger partial charge in [-0.2, -0.15) is 0 Å². The summed E-state index contributed by atoms with van der Waals surface area (Å²) in [6.07, 6.45) is -0.668. The fourth-order valence-corrected chi connectivity index (χ4v) is 1.94. The van der Waals surface area contributed by atoms with Crippen molar-refractivity contribution in [3.63, 3.8) is 0 Å². The highest BCUT2D eigenvalue weighted by Gasteiger charge is 2.15. The van der Waals surface area contributed by atoms with Crippen LogP contribution in [0.2, 0.25) is 0 Å². The molecule has 3 N–H and O–H groups in total. The van der Waals surface area contributed by atoms with Crippen LogP contribution in [-0.2, 0) is 4.79 Å². The lowest BCUT2D eigenvalue weighted by Crippen LogP contribution is -2.30. The van der Waals surface area contributed by atoms with Crippen molar-refractivity contribution in [3.05, 3.63) is 59.7 Å². The zero-order chi connectivity index (χ0) is 16.1. The minimum atomic E-state index is -0.668. The fraction of sp³-hybridized carbons (Fsp3) is 0.176. The molecule has 2 aromatic rings. The molecule has 0 aliphatic carbocycles. The third kappa shape index (κ3) is 4.09. The van der Waals surface area contributed by atoms with Gasteiger partial charge in [0.2, 0.25) is 5.91 Å². The van der Waals surface area contributed by atoms with Gasteiger partial charge in [-0.05, 0) is 49.7 Å². The summed E-state index contributed by atoms with van der Waals surface area (Å²) in [7, 11) is 0. The van der Waals surface area contributed by atoms with Crippen molar-refractivity contribution in [1.29, 1.82) is 0 Å². The summed E-state index contributed by atoms with van der Waals surface area (Å²) in [4.78, 5) is 23.3. The van der Waals surface area contributed by atoms with Crippen molar-refractivity contribution in [1.82, 2.24) is 0 Å². The molecule has 0 fully saturated rings. The number of anilines is 1. The summed E-state index contributed by atoms with van der Waals surface area (Å²) < 4.78 is 5.60. The van der Waals surface area contributed by atoms with Gasteiger partial charge in [0.1, 0.15) is 5.75 Å². The summed E-state index contributed by atoms with van der Waals surface area (Å²) in [5.74, 6) is -0.211. The first-order valence-corrected chi connectivity index (χ1v) is 6.90. The van der Waals surface area contributed by atoms with Gasteiger partial charge < -0.3 is 15.8 Å². The zero-order valence-corrected chi connectivity index (χ0v) is 12.5. The molecule has 5 nitrogen and oxygen atoms in total. The second-order valence-corrected chi connectivity index (χ2v) is 5.01. The molecule has 0 aromatic heterocycles. The van der Waals surface area contributed by atoms with E-state index in [9.17, 15) is 9.59 Å². The van der Waals surface area contributed by atoms with Crippen LogP contribution in [0.5, 0.6) is 5.75 Å². The lowest BCUT2D eigenvalue weighted by atomic mass is 10.2. The van der Waals surface area contributed by atoms with Crippen molar-refractivity contribution in [2.45, 2.75) is 20.0 Å². The summed E-state index contributed by atoms with van der Waals surface area (Å²) in [6, 6.07) is 13.9. The van der Waals surface area contributed by atoms with Crippen LogP contribution in [0.3, 0.4) is 0 Å². The number of rotatable bonds is 5. The molecule has 114 valence electrons. The summed E-state index contributed by atoms with van der Waals surface area (Å²) in [5, 5.41) is 2.70. The Labute approximate surface area is 129 Å². The molecule has 0 saturated heterocycles. The third-order valence-corrected chi connectivity index (χ3v) is 3.09. The molecule has 1 atom stereocenters. The van der Waals surface area contributed by atoms with Gasteiger partial charge in [-0.25, -0.2) is 0 Å². The van der Waals surface area contributed by atoms with E-state index in [0.717, 1.165) is 5.56 Å². The van der Waals surface area contributed by atoms with E-state index in [-0.39, 0.29) is 5.91 Å². The molecule has 0 radical (unpaired) electrons. The van der Waals surface area contributed by atoms with Crippen molar-refractivity contribution >= 4 is 17.5 Å². The van der Waals surface area contributed by atoms with E-state index < -0.39 is 12.0 Å². The first kappa shape index (κ1) is 15.6. The molecular formula is C17H18N2O3. The predicted octanol–water partition coefficient (Wildman–Crippen LogP) is 2.50. The van der Waals surface area contributed by atoms with Gasteiger partial charge in [-0.3, -0.25) is 9.59 Å². The summed E-state index contributed by atoms with van der Waals surface area (Å²) in [6.45, 7) is 3.61. The lowest BCUT2D eigenvalue weighted by molar-refractivity contribution is -0.122. The standard InChI is InChI=1S/C17H18N2O3/c1-11-5-3-8-15(9-11)22-12(2)17(21)19-14-7-4-6-13(10-14)16(18)20/h3-10,12H,1-2H3,(H2,18,20)(H,19,21). The first-order valence-electron chi connectivity index (χ1n) is 6.90. The molecule has 0 aliphatic heterocycles. The van der Waals surface area contributed by atoms with E-state index >= 15 is 0 Å². The number of hydrogen-bond donors (Lipinski definition) is 2. The molecule has 2 amide bonds. The Morgan fingerprint density at radius 1 is 1.14 bits per heavy atom. The maximum Gasteiger partial charge on any atom is 0.265 e. The van der Waals surface area contributed by atoms with Gasteiger partial charge >= 0.3 is 0 Å². The number of primary amides is 1. The monoisotopic (exact) mass is 298 g/mol. The second kappa shape index (κ2) is 6.76. The van der Waals surface area contributed by atoms with Gasteiger partial charge in [0.05, 0.1) is 0 Å². The normalized spacial score (nSPS) is 11.5. The number of aryl methyl sites for hydroxylation is 1. The Hall–Kier alpha value is -2.82. The molecule has 0 spiro atoms. The highest BCUT2D eigenvalue weighted by atomic mass is 16.5. The molecule has 22 heavy (non-hydrogen) atoms. The summed E-state index contributed by atoms with van der Waals surface area (Å²) in [5.41, 5.74) is 7.11. The number of ether oxygens (including phenoxy) is 1. The van der Waals surface area contributed by atoms with Crippen LogP contribution in [0.15, 0.2) is 48.5 Å². The van der Waals surface area contributed by atoms with Crippen molar-refractivity contribution in [3.8, 4) is 5.75 Å². The van der Waals surface area contributed by atoms with Crippen molar-refractivity contribution < 1.29 is 14.3 Å². The van der Waals surface area contributed by atoms with E-state index in [2.05, 4.69) is 5.32 Å². The zero-order valence-electron chi connectivity index (χ0n) is 12.5. The molecule has 0 aliphatic rings. The maximum atomic E-state index is 12.1. The molecule has 0 heterocycles. The predicted molar refractivity (Wildman–Crippen MR) is 84.9 cm³/mol. The van der Waals surface area contributed by atoms with Gasteiger partial charge in [0.15, 0.2) is 6.10 Å². The minimum Gasteiger partial charge on any atom is -0.481 e. The molecule has 5 heteroatoms. The van der Waals surface area contributed by atoms with Gasteiger partial charge in [-0.15, -0.1) is 0 Å². The van der Waals surface area contributed by atoms with Crippen LogP contribution in [0.25, 0.3) is 0 Å². The number of nitrogens with two attached hydrogens (primary N) is 1. The number of amides is 2. The third-order valence-electron chi connectivity index (χ3n) is 3.09. The Kier molecular flexibility index (Phi) is 4.78. The molecular weight excluding hydrogens is 280 g/mol. The quantitative estimate of drug-likeness (QED) is 0.889. The number of carbonyl (C=O) groups is 2. The number of benzene rings is 2. The molecule has 1 unspecified atom stereocenters. The highest BCUT2D eigenvalue weighted by molar-refractivity contribution is 5.97. The van der Waals surface area contributed by atoms with Crippen LogP contribution < -0.4 is 15.8 Å². The number of nitrogens with one attached hydrogen (secondary N) is 1. The Balaban J connectivity index is 2.02. The van der Waals surface area contributed by atoms with E-state index in [4.69, 9.17) is 10.5 Å². The van der Waals surface area contributed by atoms with Crippen LogP contribution in [-0.4, -0.2) is 17.9 Å². The van der Waals surface area contributed by atoms with Crippen molar-refractivity contribution in [2.24, 2.45) is 5.73 Å². The average Bonchev–Trinajstić information content (AvgIpc) is 2.47. The average molecular weight is 298 g/mol. The largest absolute Gasteiger partial charge is 0.481 e.